The number of amidine groups is 1. The number of urea groups is 1. The first-order valence-electron chi connectivity index (χ1n) is 5.33. The molecule has 0 saturated heterocycles. The van der Waals surface area contributed by atoms with E-state index in [0.29, 0.717) is 5.84 Å². The van der Waals surface area contributed by atoms with E-state index in [1.54, 1.807) is 11.9 Å². The summed E-state index contributed by atoms with van der Waals surface area (Å²) in [5, 5.41) is 0. The Morgan fingerprint density at radius 1 is 1.38 bits per heavy atom. The first kappa shape index (κ1) is 10.7. The van der Waals surface area contributed by atoms with Crippen LogP contribution in [0.25, 0.3) is 0 Å². The van der Waals surface area contributed by atoms with Gasteiger partial charge in [-0.25, -0.2) is 4.79 Å². The molecule has 16 heavy (non-hydrogen) atoms. The molecular weight excluding hydrogens is 202 g/mol. The number of rotatable bonds is 2. The number of hydrogen-bond donors (Lipinski definition) is 1. The van der Waals surface area contributed by atoms with Crippen molar-refractivity contribution in [1.29, 1.82) is 0 Å². The van der Waals surface area contributed by atoms with E-state index in [0.717, 1.165) is 12.0 Å². The van der Waals surface area contributed by atoms with Crippen molar-refractivity contribution in [2.75, 3.05) is 7.05 Å². The van der Waals surface area contributed by atoms with E-state index < -0.39 is 0 Å². The summed E-state index contributed by atoms with van der Waals surface area (Å²) in [4.78, 5) is 16.7. The fourth-order valence-corrected chi connectivity index (χ4v) is 1.89. The summed E-state index contributed by atoms with van der Waals surface area (Å²) >= 11 is 0. The van der Waals surface area contributed by atoms with Gasteiger partial charge in [0.2, 0.25) is 0 Å². The highest BCUT2D eigenvalue weighted by Crippen LogP contribution is 2.25. The van der Waals surface area contributed by atoms with Crippen LogP contribution in [0.4, 0.5) is 4.79 Å². The molecule has 4 nitrogen and oxygen atoms in total. The predicted molar refractivity (Wildman–Crippen MR) is 63.3 cm³/mol. The molecule has 0 saturated carbocycles. The number of carbonyl (C=O) groups excluding carboxylic acids is 1. The number of amides is 2. The van der Waals surface area contributed by atoms with E-state index >= 15 is 0 Å². The molecule has 2 rings (SSSR count). The standard InChI is InChI=1S/C12H15N3O/c1-3-8-4-6-9(7-5-8)10-11(13)14-12(16)15(10)2/h4-7,10H,3H2,1-2H3,(H2,13,14,16). The highest BCUT2D eigenvalue weighted by molar-refractivity contribution is 6.03. The van der Waals surface area contributed by atoms with Crippen molar-refractivity contribution < 1.29 is 4.79 Å². The summed E-state index contributed by atoms with van der Waals surface area (Å²) < 4.78 is 0. The third-order valence-corrected chi connectivity index (χ3v) is 2.90. The van der Waals surface area contributed by atoms with Gasteiger partial charge in [0, 0.05) is 7.05 Å². The highest BCUT2D eigenvalue weighted by Gasteiger charge is 2.31. The topological polar surface area (TPSA) is 58.7 Å². The predicted octanol–water partition coefficient (Wildman–Crippen LogP) is 1.71. The SMILES string of the molecule is CCc1ccc(C2C(N)=NC(=O)N2C)cc1. The fraction of sp³-hybridized carbons (Fsp3) is 0.333. The Hall–Kier alpha value is -1.84. The molecule has 2 N–H and O–H groups in total. The van der Waals surface area contributed by atoms with Crippen LogP contribution in [-0.4, -0.2) is 23.8 Å². The molecule has 0 aliphatic carbocycles. The van der Waals surface area contributed by atoms with Crippen LogP contribution in [0, 0.1) is 0 Å². The number of likely N-dealkylation sites (N-methyl/N-ethyl adjacent to an activating group) is 1. The first-order valence-corrected chi connectivity index (χ1v) is 5.33. The van der Waals surface area contributed by atoms with Crippen LogP contribution < -0.4 is 5.73 Å². The van der Waals surface area contributed by atoms with Gasteiger partial charge < -0.3 is 10.6 Å². The second kappa shape index (κ2) is 3.96. The fourth-order valence-electron chi connectivity index (χ4n) is 1.89. The number of carbonyl (C=O) groups is 1. The average Bonchev–Trinajstić information content (AvgIpc) is 2.54. The molecule has 1 aromatic carbocycles. The van der Waals surface area contributed by atoms with Crippen LogP contribution in [-0.2, 0) is 6.42 Å². The van der Waals surface area contributed by atoms with Crippen LogP contribution in [0.5, 0.6) is 0 Å². The van der Waals surface area contributed by atoms with Gasteiger partial charge in [-0.1, -0.05) is 31.2 Å². The molecule has 1 heterocycles. The molecule has 0 bridgehead atoms. The number of nitrogens with zero attached hydrogens (tertiary/aromatic N) is 2. The first-order chi connectivity index (χ1) is 7.63. The molecule has 0 fully saturated rings. The van der Waals surface area contributed by atoms with E-state index in [2.05, 4.69) is 24.0 Å². The summed E-state index contributed by atoms with van der Waals surface area (Å²) in [6.45, 7) is 2.11. The Bertz CT molecular complexity index is 436. The maximum absolute atomic E-state index is 11.3. The summed E-state index contributed by atoms with van der Waals surface area (Å²) in [5.74, 6) is 0.372. The minimum absolute atomic E-state index is 0.210. The van der Waals surface area contributed by atoms with Crippen LogP contribution in [0.15, 0.2) is 29.3 Å². The molecule has 1 unspecified atom stereocenters. The number of aliphatic imine (C=N–C) groups is 1. The number of aryl methyl sites for hydroxylation is 1. The monoisotopic (exact) mass is 217 g/mol. The molecule has 2 amide bonds. The van der Waals surface area contributed by atoms with Crippen LogP contribution >= 0.6 is 0 Å². The van der Waals surface area contributed by atoms with Gasteiger partial charge in [-0.2, -0.15) is 4.99 Å². The third-order valence-electron chi connectivity index (χ3n) is 2.90. The molecule has 0 spiro atoms. The van der Waals surface area contributed by atoms with Gasteiger partial charge in [-0.05, 0) is 17.5 Å². The van der Waals surface area contributed by atoms with Gasteiger partial charge >= 0.3 is 6.03 Å². The van der Waals surface area contributed by atoms with Gasteiger partial charge in [0.15, 0.2) is 0 Å². The number of benzene rings is 1. The molecule has 84 valence electrons. The minimum atomic E-state index is -0.276. The van der Waals surface area contributed by atoms with Crippen molar-refractivity contribution in [2.45, 2.75) is 19.4 Å². The Morgan fingerprint density at radius 3 is 2.44 bits per heavy atom. The smallest absolute Gasteiger partial charge is 0.345 e. The van der Waals surface area contributed by atoms with Crippen molar-refractivity contribution >= 4 is 11.9 Å². The van der Waals surface area contributed by atoms with Crippen molar-refractivity contribution in [2.24, 2.45) is 10.7 Å². The highest BCUT2D eigenvalue weighted by atomic mass is 16.2. The Morgan fingerprint density at radius 2 is 2.00 bits per heavy atom. The van der Waals surface area contributed by atoms with E-state index in [4.69, 9.17) is 5.73 Å². The quantitative estimate of drug-likeness (QED) is 0.819. The Kier molecular flexibility index (Phi) is 2.64. The van der Waals surface area contributed by atoms with Crippen molar-refractivity contribution in [3.8, 4) is 0 Å². The van der Waals surface area contributed by atoms with E-state index in [1.165, 1.54) is 5.56 Å². The normalized spacial score (nSPS) is 20.1. The molecule has 4 heteroatoms. The second-order valence-corrected chi connectivity index (χ2v) is 3.93. The molecule has 1 aliphatic heterocycles. The Labute approximate surface area is 94.8 Å². The van der Waals surface area contributed by atoms with Gasteiger partial charge in [0.25, 0.3) is 0 Å². The van der Waals surface area contributed by atoms with Crippen molar-refractivity contribution in [3.05, 3.63) is 35.4 Å². The lowest BCUT2D eigenvalue weighted by Gasteiger charge is -2.19. The summed E-state index contributed by atoms with van der Waals surface area (Å²) in [5.41, 5.74) is 8.03. The van der Waals surface area contributed by atoms with Gasteiger partial charge in [0.05, 0.1) is 0 Å². The van der Waals surface area contributed by atoms with E-state index in [1.807, 2.05) is 12.1 Å². The van der Waals surface area contributed by atoms with Crippen LogP contribution in [0.3, 0.4) is 0 Å². The van der Waals surface area contributed by atoms with Gasteiger partial charge in [0.1, 0.15) is 11.9 Å². The van der Waals surface area contributed by atoms with Crippen molar-refractivity contribution in [1.82, 2.24) is 4.90 Å². The van der Waals surface area contributed by atoms with Gasteiger partial charge in [-0.3, -0.25) is 0 Å². The third kappa shape index (κ3) is 1.66. The lowest BCUT2D eigenvalue weighted by Crippen LogP contribution is -2.29. The van der Waals surface area contributed by atoms with Crippen molar-refractivity contribution in [3.63, 3.8) is 0 Å². The minimum Gasteiger partial charge on any atom is -0.385 e. The maximum Gasteiger partial charge on any atom is 0.345 e. The van der Waals surface area contributed by atoms with E-state index in [9.17, 15) is 4.79 Å². The molecule has 1 atom stereocenters. The molecule has 1 aliphatic rings. The van der Waals surface area contributed by atoms with E-state index in [-0.39, 0.29) is 12.1 Å². The van der Waals surface area contributed by atoms with Crippen LogP contribution in [0.2, 0.25) is 0 Å². The molecule has 1 aromatic rings. The van der Waals surface area contributed by atoms with Gasteiger partial charge in [-0.15, -0.1) is 0 Å². The maximum atomic E-state index is 11.3. The average molecular weight is 217 g/mol. The zero-order valence-electron chi connectivity index (χ0n) is 9.47. The summed E-state index contributed by atoms with van der Waals surface area (Å²) in [7, 11) is 1.71. The summed E-state index contributed by atoms with van der Waals surface area (Å²) in [6.07, 6.45) is 1.00. The zero-order chi connectivity index (χ0) is 11.7. The zero-order valence-corrected chi connectivity index (χ0v) is 9.47. The number of nitrogens with two attached hydrogens (primary N) is 1. The molecule has 0 radical (unpaired) electrons. The van der Waals surface area contributed by atoms with Crippen LogP contribution in [0.1, 0.15) is 24.1 Å². The Balaban J connectivity index is 2.30. The lowest BCUT2D eigenvalue weighted by atomic mass is 10.0. The number of hydrogen-bond acceptors (Lipinski definition) is 2. The molecule has 0 aromatic heterocycles. The second-order valence-electron chi connectivity index (χ2n) is 3.93. The lowest BCUT2D eigenvalue weighted by molar-refractivity contribution is 0.218. The summed E-state index contributed by atoms with van der Waals surface area (Å²) in [6, 6.07) is 7.63. The molecular formula is C12H15N3O. The largest absolute Gasteiger partial charge is 0.385 e.